The molecule has 0 saturated carbocycles. The normalized spacial score (nSPS) is 13.6. The van der Waals surface area contributed by atoms with E-state index in [2.05, 4.69) is 10.2 Å². The van der Waals surface area contributed by atoms with E-state index in [-0.39, 0.29) is 37.4 Å². The van der Waals surface area contributed by atoms with E-state index < -0.39 is 35.5 Å². The molecule has 40 heavy (non-hydrogen) atoms. The van der Waals surface area contributed by atoms with Gasteiger partial charge in [0.2, 0.25) is 5.91 Å². The third-order valence-electron chi connectivity index (χ3n) is 6.40. The van der Waals surface area contributed by atoms with Crippen molar-refractivity contribution in [2.75, 3.05) is 20.2 Å². The molecule has 0 fully saturated rings. The number of carbonyl (C=O) groups excluding carboxylic acids is 3. The van der Waals surface area contributed by atoms with E-state index in [0.29, 0.717) is 25.0 Å². The molecule has 0 aliphatic rings. The maximum Gasteiger partial charge on any atom is 0.493 e. The van der Waals surface area contributed by atoms with Crippen LogP contribution in [0, 0.1) is 0 Å². The molecule has 0 aliphatic heterocycles. The lowest BCUT2D eigenvalue weighted by molar-refractivity contribution is -0.253. The molecule has 2 aromatic carbocycles. The van der Waals surface area contributed by atoms with Crippen molar-refractivity contribution in [3.8, 4) is 5.75 Å². The number of alkyl halides is 3. The molecule has 9 nitrogen and oxygen atoms in total. The summed E-state index contributed by atoms with van der Waals surface area (Å²) in [7, 11) is 1.56. The first-order valence-corrected chi connectivity index (χ1v) is 13.0. The average Bonchev–Trinajstić information content (AvgIpc) is 2.95. The standard InChI is InChI=1S/C28H37F3N4O5/c1-27(17-7-18-32,25(37)34-19-6-10-21-11-14-22(39-2)15-12-21)35(40-26(38)28(29,30)31)24(36)23(33)16-13-20-8-4-3-5-9-20/h3-5,8-9,11-12,14-15,23H,6-7,10,13,16-19,32-33H2,1-2H3,(H,34,37)/t23-,27-/m0/s1. The van der Waals surface area contributed by atoms with Crippen molar-refractivity contribution in [1.82, 2.24) is 10.4 Å². The molecule has 0 spiro atoms. The van der Waals surface area contributed by atoms with Gasteiger partial charge in [0.1, 0.15) is 5.75 Å². The van der Waals surface area contributed by atoms with E-state index >= 15 is 0 Å². The molecule has 0 unspecified atom stereocenters. The van der Waals surface area contributed by atoms with Gasteiger partial charge in [0, 0.05) is 6.54 Å². The lowest BCUT2D eigenvalue weighted by atomic mass is 9.92. The summed E-state index contributed by atoms with van der Waals surface area (Å²) >= 11 is 0. The number of amides is 2. The Hall–Kier alpha value is -3.64. The van der Waals surface area contributed by atoms with Crippen molar-refractivity contribution in [1.29, 1.82) is 0 Å². The SMILES string of the molecule is COc1ccc(CCCNC(=O)[C@](C)(CCCN)N(OC(=O)C(F)(F)F)C(=O)[C@@H](N)CCc2ccccc2)cc1. The number of ether oxygens (including phenoxy) is 1. The highest BCUT2D eigenvalue weighted by atomic mass is 19.4. The molecule has 220 valence electrons. The van der Waals surface area contributed by atoms with Gasteiger partial charge in [-0.1, -0.05) is 42.5 Å². The van der Waals surface area contributed by atoms with Crippen LogP contribution in [0.4, 0.5) is 13.2 Å². The maximum atomic E-state index is 13.4. The smallest absolute Gasteiger partial charge is 0.493 e. The Kier molecular flexibility index (Phi) is 12.4. The highest BCUT2D eigenvalue weighted by Gasteiger charge is 2.50. The molecule has 2 rings (SSSR count). The number of nitrogens with zero attached hydrogens (tertiary/aromatic N) is 1. The van der Waals surface area contributed by atoms with Crippen LogP contribution in [0.15, 0.2) is 54.6 Å². The molecule has 2 aromatic rings. The molecular weight excluding hydrogens is 529 g/mol. The van der Waals surface area contributed by atoms with E-state index in [9.17, 15) is 27.6 Å². The number of carbonyl (C=O) groups is 3. The van der Waals surface area contributed by atoms with Crippen LogP contribution in [0.1, 0.15) is 43.7 Å². The predicted octanol–water partition coefficient (Wildman–Crippen LogP) is 3.05. The molecule has 12 heteroatoms. The van der Waals surface area contributed by atoms with E-state index in [1.54, 1.807) is 31.4 Å². The first-order valence-electron chi connectivity index (χ1n) is 13.0. The highest BCUT2D eigenvalue weighted by Crippen LogP contribution is 2.27. The fourth-order valence-corrected chi connectivity index (χ4v) is 4.00. The number of benzene rings is 2. The van der Waals surface area contributed by atoms with Crippen LogP contribution >= 0.6 is 0 Å². The highest BCUT2D eigenvalue weighted by molar-refractivity contribution is 5.93. The van der Waals surface area contributed by atoms with Crippen molar-refractivity contribution in [2.45, 2.75) is 63.2 Å². The number of hydrogen-bond acceptors (Lipinski definition) is 7. The second-order valence-electron chi connectivity index (χ2n) is 9.51. The summed E-state index contributed by atoms with van der Waals surface area (Å²) in [5.74, 6) is -3.86. The minimum atomic E-state index is -5.41. The van der Waals surface area contributed by atoms with Gasteiger partial charge in [-0.3, -0.25) is 9.59 Å². The van der Waals surface area contributed by atoms with Crippen LogP contribution in [0.2, 0.25) is 0 Å². The van der Waals surface area contributed by atoms with Crippen molar-refractivity contribution in [2.24, 2.45) is 11.5 Å². The molecule has 0 aliphatic carbocycles. The molecule has 0 aromatic heterocycles. The van der Waals surface area contributed by atoms with Gasteiger partial charge >= 0.3 is 12.1 Å². The Morgan fingerprint density at radius 2 is 1.60 bits per heavy atom. The summed E-state index contributed by atoms with van der Waals surface area (Å²) < 4.78 is 44.6. The van der Waals surface area contributed by atoms with E-state index in [0.717, 1.165) is 11.1 Å². The van der Waals surface area contributed by atoms with Gasteiger partial charge in [0.15, 0.2) is 5.54 Å². The average molecular weight is 567 g/mol. The Labute approximate surface area is 231 Å². The van der Waals surface area contributed by atoms with Gasteiger partial charge in [-0.15, -0.1) is 0 Å². The number of hydrogen-bond donors (Lipinski definition) is 3. The predicted molar refractivity (Wildman–Crippen MR) is 143 cm³/mol. The molecule has 0 heterocycles. The quantitative estimate of drug-likeness (QED) is 0.236. The van der Waals surface area contributed by atoms with E-state index in [1.165, 1.54) is 6.92 Å². The lowest BCUT2D eigenvalue weighted by Gasteiger charge is -2.39. The number of hydroxylamine groups is 2. The molecule has 0 saturated heterocycles. The molecule has 5 N–H and O–H groups in total. The molecule has 0 radical (unpaired) electrons. The summed E-state index contributed by atoms with van der Waals surface area (Å²) in [6.07, 6.45) is -3.95. The summed E-state index contributed by atoms with van der Waals surface area (Å²) in [4.78, 5) is 43.1. The Balaban J connectivity index is 2.20. The van der Waals surface area contributed by atoms with Crippen molar-refractivity contribution < 1.29 is 37.1 Å². The minimum Gasteiger partial charge on any atom is -0.497 e. The third-order valence-corrected chi connectivity index (χ3v) is 6.40. The lowest BCUT2D eigenvalue weighted by Crippen LogP contribution is -2.63. The van der Waals surface area contributed by atoms with Gasteiger partial charge < -0.3 is 26.4 Å². The molecule has 2 amide bonds. The largest absolute Gasteiger partial charge is 0.497 e. The van der Waals surface area contributed by atoms with Gasteiger partial charge in [-0.2, -0.15) is 18.2 Å². The summed E-state index contributed by atoms with van der Waals surface area (Å²) in [5, 5.41) is 2.84. The van der Waals surface area contributed by atoms with Crippen LogP contribution in [-0.4, -0.2) is 60.8 Å². The Morgan fingerprint density at radius 1 is 0.975 bits per heavy atom. The zero-order valence-electron chi connectivity index (χ0n) is 22.7. The van der Waals surface area contributed by atoms with Crippen molar-refractivity contribution in [3.63, 3.8) is 0 Å². The molecular formula is C28H37F3N4O5. The first kappa shape index (κ1) is 32.6. The van der Waals surface area contributed by atoms with Gasteiger partial charge in [0.05, 0.1) is 13.2 Å². The van der Waals surface area contributed by atoms with Crippen LogP contribution in [0.3, 0.4) is 0 Å². The van der Waals surface area contributed by atoms with E-state index in [1.807, 2.05) is 30.3 Å². The Morgan fingerprint density at radius 3 is 2.17 bits per heavy atom. The van der Waals surface area contributed by atoms with Crippen LogP contribution in [-0.2, 0) is 32.1 Å². The van der Waals surface area contributed by atoms with Crippen LogP contribution < -0.4 is 21.5 Å². The number of nitrogens with one attached hydrogen (secondary N) is 1. The summed E-state index contributed by atoms with van der Waals surface area (Å²) in [6.45, 7) is 1.46. The summed E-state index contributed by atoms with van der Waals surface area (Å²) in [6, 6.07) is 15.0. The fraction of sp³-hybridized carbons (Fsp3) is 0.464. The molecule has 2 atom stereocenters. The van der Waals surface area contributed by atoms with Crippen molar-refractivity contribution in [3.05, 3.63) is 65.7 Å². The minimum absolute atomic E-state index is 0.0410. The number of aryl methyl sites for hydroxylation is 2. The molecule has 0 bridgehead atoms. The van der Waals surface area contributed by atoms with Crippen LogP contribution in [0.5, 0.6) is 5.75 Å². The van der Waals surface area contributed by atoms with Gasteiger partial charge in [-0.25, -0.2) is 4.79 Å². The van der Waals surface area contributed by atoms with Gasteiger partial charge in [-0.05, 0) is 75.3 Å². The first-order chi connectivity index (χ1) is 18.9. The van der Waals surface area contributed by atoms with Gasteiger partial charge in [0.25, 0.3) is 5.91 Å². The fourth-order valence-electron chi connectivity index (χ4n) is 4.00. The van der Waals surface area contributed by atoms with E-state index in [4.69, 9.17) is 16.2 Å². The van der Waals surface area contributed by atoms with Crippen LogP contribution in [0.25, 0.3) is 0 Å². The summed E-state index contributed by atoms with van der Waals surface area (Å²) in [5.41, 5.74) is 11.5. The maximum absolute atomic E-state index is 13.4. The van der Waals surface area contributed by atoms with Crippen molar-refractivity contribution >= 4 is 17.8 Å². The zero-order valence-corrected chi connectivity index (χ0v) is 22.7. The topological polar surface area (TPSA) is 137 Å². The number of halogens is 3. The Bertz CT molecular complexity index is 1100. The second kappa shape index (κ2) is 15.2. The monoisotopic (exact) mass is 566 g/mol. The zero-order chi connectivity index (χ0) is 29.8. The number of nitrogens with two attached hydrogens (primary N) is 2. The second-order valence-corrected chi connectivity index (χ2v) is 9.51. The number of rotatable bonds is 14. The third kappa shape index (κ3) is 9.53. The number of methoxy groups -OCH3 is 1.